The quantitative estimate of drug-likeness (QED) is 0.681. The van der Waals surface area contributed by atoms with Crippen LogP contribution in [-0.2, 0) is 0 Å². The van der Waals surface area contributed by atoms with Crippen LogP contribution in [0, 0.1) is 0 Å². The van der Waals surface area contributed by atoms with Crippen molar-refractivity contribution in [3.05, 3.63) is 63.5 Å². The number of carbonyl (C=O) groups excluding carboxylic acids is 1. The molecule has 0 bridgehead atoms. The monoisotopic (exact) mass is 373 g/mol. The van der Waals surface area contributed by atoms with Crippen molar-refractivity contribution < 1.29 is 18.7 Å². The fraction of sp³-hybridized carbons (Fsp3) is 0.158. The highest BCUT2D eigenvalue weighted by Crippen LogP contribution is 2.29. The Hall–Kier alpha value is -2.99. The van der Waals surface area contributed by atoms with Gasteiger partial charge in [0.15, 0.2) is 11.3 Å². The van der Waals surface area contributed by atoms with Gasteiger partial charge >= 0.3 is 5.63 Å². The van der Waals surface area contributed by atoms with Gasteiger partial charge in [0.1, 0.15) is 11.3 Å². The fourth-order valence-electron chi connectivity index (χ4n) is 2.51. The molecule has 26 heavy (non-hydrogen) atoms. The highest BCUT2D eigenvalue weighted by Gasteiger charge is 2.17. The largest absolute Gasteiger partial charge is 0.495 e. The third-order valence-electron chi connectivity index (χ3n) is 3.68. The maximum Gasteiger partial charge on any atom is 0.349 e. The van der Waals surface area contributed by atoms with Crippen LogP contribution < -0.4 is 20.4 Å². The van der Waals surface area contributed by atoms with E-state index in [4.69, 9.17) is 25.5 Å². The van der Waals surface area contributed by atoms with E-state index < -0.39 is 11.5 Å². The zero-order valence-electron chi connectivity index (χ0n) is 14.2. The lowest BCUT2D eigenvalue weighted by atomic mass is 10.1. The molecule has 0 aliphatic rings. The van der Waals surface area contributed by atoms with Crippen molar-refractivity contribution in [3.8, 4) is 11.5 Å². The number of rotatable bonds is 5. The number of hydrogen-bond acceptors (Lipinski definition) is 5. The Labute approximate surface area is 154 Å². The molecule has 0 saturated carbocycles. The van der Waals surface area contributed by atoms with Crippen LogP contribution in [0.4, 0.5) is 5.69 Å². The Bertz CT molecular complexity index is 1030. The van der Waals surface area contributed by atoms with Crippen molar-refractivity contribution in [3.63, 3.8) is 0 Å². The Morgan fingerprint density at radius 3 is 2.73 bits per heavy atom. The van der Waals surface area contributed by atoms with E-state index in [1.54, 1.807) is 30.3 Å². The second kappa shape index (κ2) is 7.49. The van der Waals surface area contributed by atoms with Gasteiger partial charge in [-0.05, 0) is 37.3 Å². The molecular formula is C19H16ClNO5. The van der Waals surface area contributed by atoms with Gasteiger partial charge < -0.3 is 19.2 Å². The molecule has 0 spiro atoms. The van der Waals surface area contributed by atoms with Gasteiger partial charge in [0.2, 0.25) is 0 Å². The molecule has 7 heteroatoms. The average molecular weight is 374 g/mol. The smallest absolute Gasteiger partial charge is 0.349 e. The Balaban J connectivity index is 2.00. The molecule has 0 aliphatic heterocycles. The molecule has 3 rings (SSSR count). The molecule has 0 atom stereocenters. The van der Waals surface area contributed by atoms with Gasteiger partial charge in [0.25, 0.3) is 5.91 Å². The molecular weight excluding hydrogens is 358 g/mol. The molecule has 0 aliphatic carbocycles. The van der Waals surface area contributed by atoms with Crippen LogP contribution in [0.15, 0.2) is 51.7 Å². The lowest BCUT2D eigenvalue weighted by molar-refractivity contribution is 0.102. The zero-order chi connectivity index (χ0) is 18.7. The van der Waals surface area contributed by atoms with E-state index in [-0.39, 0.29) is 5.56 Å². The molecule has 0 radical (unpaired) electrons. The normalized spacial score (nSPS) is 10.6. The number of carbonyl (C=O) groups is 1. The van der Waals surface area contributed by atoms with Crippen molar-refractivity contribution in [1.29, 1.82) is 0 Å². The van der Waals surface area contributed by atoms with E-state index in [0.29, 0.717) is 39.8 Å². The van der Waals surface area contributed by atoms with Crippen molar-refractivity contribution in [2.45, 2.75) is 6.92 Å². The lowest BCUT2D eigenvalue weighted by Gasteiger charge is -2.11. The SMILES string of the molecule is CCOc1cccc2cc(C(=O)Nc3cc(Cl)ccc3OC)c(=O)oc12. The minimum absolute atomic E-state index is 0.131. The van der Waals surface area contributed by atoms with Crippen LogP contribution in [0.1, 0.15) is 17.3 Å². The minimum Gasteiger partial charge on any atom is -0.495 e. The highest BCUT2D eigenvalue weighted by atomic mass is 35.5. The average Bonchev–Trinajstić information content (AvgIpc) is 2.62. The van der Waals surface area contributed by atoms with E-state index >= 15 is 0 Å². The third kappa shape index (κ3) is 3.50. The molecule has 0 fully saturated rings. The summed E-state index contributed by atoms with van der Waals surface area (Å²) >= 11 is 5.96. The summed E-state index contributed by atoms with van der Waals surface area (Å²) in [5.41, 5.74) is -0.236. The van der Waals surface area contributed by atoms with Gasteiger partial charge in [-0.1, -0.05) is 23.7 Å². The van der Waals surface area contributed by atoms with Gasteiger partial charge in [0, 0.05) is 10.4 Å². The Morgan fingerprint density at radius 2 is 2.00 bits per heavy atom. The summed E-state index contributed by atoms with van der Waals surface area (Å²) in [6.45, 7) is 2.26. The van der Waals surface area contributed by atoms with Gasteiger partial charge in [-0.15, -0.1) is 0 Å². The molecule has 1 heterocycles. The second-order valence-electron chi connectivity index (χ2n) is 5.35. The standard InChI is InChI=1S/C19H16ClNO5/c1-3-25-16-6-4-5-11-9-13(19(23)26-17(11)16)18(22)21-14-10-12(20)7-8-15(14)24-2/h4-10H,3H2,1-2H3,(H,21,22). The molecule has 6 nitrogen and oxygen atoms in total. The topological polar surface area (TPSA) is 77.8 Å². The maximum atomic E-state index is 12.6. The first kappa shape index (κ1) is 17.8. The van der Waals surface area contributed by atoms with E-state index in [1.165, 1.54) is 19.2 Å². The molecule has 1 N–H and O–H groups in total. The van der Waals surface area contributed by atoms with E-state index in [2.05, 4.69) is 5.32 Å². The highest BCUT2D eigenvalue weighted by molar-refractivity contribution is 6.31. The molecule has 3 aromatic rings. The predicted molar refractivity (Wildman–Crippen MR) is 99.6 cm³/mol. The first-order valence-electron chi connectivity index (χ1n) is 7.88. The summed E-state index contributed by atoms with van der Waals surface area (Å²) in [5.74, 6) is 0.250. The number of fused-ring (bicyclic) bond motifs is 1. The molecule has 134 valence electrons. The predicted octanol–water partition coefficient (Wildman–Crippen LogP) is 4.11. The first-order chi connectivity index (χ1) is 12.5. The number of nitrogens with one attached hydrogen (secondary N) is 1. The maximum absolute atomic E-state index is 12.6. The summed E-state index contributed by atoms with van der Waals surface area (Å²) < 4.78 is 16.0. The van der Waals surface area contributed by atoms with E-state index in [1.807, 2.05) is 6.92 Å². The molecule has 0 saturated heterocycles. The van der Waals surface area contributed by atoms with Gasteiger partial charge in [0.05, 0.1) is 19.4 Å². The van der Waals surface area contributed by atoms with Crippen LogP contribution >= 0.6 is 11.6 Å². The van der Waals surface area contributed by atoms with Gasteiger partial charge in [-0.2, -0.15) is 0 Å². The number of benzene rings is 2. The summed E-state index contributed by atoms with van der Waals surface area (Å²) in [7, 11) is 1.47. The second-order valence-corrected chi connectivity index (χ2v) is 5.79. The zero-order valence-corrected chi connectivity index (χ0v) is 14.9. The van der Waals surface area contributed by atoms with Crippen molar-refractivity contribution >= 4 is 34.2 Å². The molecule has 0 unspecified atom stereocenters. The van der Waals surface area contributed by atoms with E-state index in [0.717, 1.165) is 0 Å². The van der Waals surface area contributed by atoms with Crippen molar-refractivity contribution in [2.75, 3.05) is 19.0 Å². The molecule has 1 amide bonds. The van der Waals surface area contributed by atoms with Gasteiger partial charge in [-0.25, -0.2) is 4.79 Å². The van der Waals surface area contributed by atoms with Gasteiger partial charge in [-0.3, -0.25) is 4.79 Å². The number of anilines is 1. The van der Waals surface area contributed by atoms with E-state index in [9.17, 15) is 9.59 Å². The minimum atomic E-state index is -0.761. The van der Waals surface area contributed by atoms with Crippen LogP contribution in [0.2, 0.25) is 5.02 Å². The molecule has 2 aromatic carbocycles. The number of hydrogen-bond donors (Lipinski definition) is 1. The van der Waals surface area contributed by atoms with Crippen LogP contribution in [-0.4, -0.2) is 19.6 Å². The summed E-state index contributed by atoms with van der Waals surface area (Å²) in [4.78, 5) is 24.9. The lowest BCUT2D eigenvalue weighted by Crippen LogP contribution is -2.21. The fourth-order valence-corrected chi connectivity index (χ4v) is 2.68. The van der Waals surface area contributed by atoms with Crippen molar-refractivity contribution in [1.82, 2.24) is 0 Å². The van der Waals surface area contributed by atoms with Crippen LogP contribution in [0.3, 0.4) is 0 Å². The van der Waals surface area contributed by atoms with Crippen LogP contribution in [0.5, 0.6) is 11.5 Å². The first-order valence-corrected chi connectivity index (χ1v) is 8.26. The number of halogens is 1. The number of methoxy groups -OCH3 is 1. The van der Waals surface area contributed by atoms with Crippen molar-refractivity contribution in [2.24, 2.45) is 0 Å². The summed E-state index contributed by atoms with van der Waals surface area (Å²) in [6.07, 6.45) is 0. The molecule has 1 aromatic heterocycles. The number of amides is 1. The Kier molecular flexibility index (Phi) is 5.14. The number of para-hydroxylation sites is 1. The summed E-state index contributed by atoms with van der Waals surface area (Å²) in [6, 6.07) is 11.5. The number of ether oxygens (including phenoxy) is 2. The van der Waals surface area contributed by atoms with Crippen LogP contribution in [0.25, 0.3) is 11.0 Å². The Morgan fingerprint density at radius 1 is 1.19 bits per heavy atom. The summed E-state index contributed by atoms with van der Waals surface area (Å²) in [5, 5.41) is 3.63. The third-order valence-corrected chi connectivity index (χ3v) is 3.91.